The summed E-state index contributed by atoms with van der Waals surface area (Å²) in [4.78, 5) is 0. The van der Waals surface area contributed by atoms with Crippen LogP contribution in [0.1, 0.15) is 19.4 Å². The third-order valence-corrected chi connectivity index (χ3v) is 1.92. The molecule has 0 spiro atoms. The zero-order chi connectivity index (χ0) is 10.4. The minimum absolute atomic E-state index is 0.577. The van der Waals surface area contributed by atoms with Crippen LogP contribution in [-0.2, 0) is 6.54 Å². The molecule has 14 heavy (non-hydrogen) atoms. The van der Waals surface area contributed by atoms with Crippen LogP contribution in [0.3, 0.4) is 0 Å². The first-order valence-corrected chi connectivity index (χ1v) is 4.92. The van der Waals surface area contributed by atoms with Crippen molar-refractivity contribution < 1.29 is 4.74 Å². The fraction of sp³-hybridized carbons (Fsp3) is 0.417. The first-order chi connectivity index (χ1) is 6.72. The zero-order valence-corrected chi connectivity index (χ0v) is 9.08. The van der Waals surface area contributed by atoms with E-state index in [1.54, 1.807) is 7.11 Å². The van der Waals surface area contributed by atoms with Gasteiger partial charge in [-0.2, -0.15) is 0 Å². The predicted molar refractivity (Wildman–Crippen MR) is 59.0 cm³/mol. The highest BCUT2D eigenvalue weighted by Gasteiger charge is 1.96. The Balaban J connectivity index is 2.36. The molecule has 77 valence electrons. The van der Waals surface area contributed by atoms with Crippen LogP contribution >= 0.6 is 0 Å². The molecule has 0 aliphatic carbocycles. The molecule has 2 nitrogen and oxygen atoms in total. The van der Waals surface area contributed by atoms with Gasteiger partial charge in [0.15, 0.2) is 0 Å². The van der Waals surface area contributed by atoms with Gasteiger partial charge in [-0.25, -0.2) is 0 Å². The second-order valence-electron chi connectivity index (χ2n) is 3.64. The number of hydrogen-bond donors (Lipinski definition) is 1. The summed E-state index contributed by atoms with van der Waals surface area (Å²) in [6.45, 7) is 7.29. The SMILES string of the molecule is COc1ccc(CN[CH]C(C)C)cc1. The normalized spacial score (nSPS) is 10.6. The number of ether oxygens (including phenoxy) is 1. The third-order valence-electron chi connectivity index (χ3n) is 1.92. The van der Waals surface area contributed by atoms with Crippen molar-refractivity contribution in [3.05, 3.63) is 36.4 Å². The van der Waals surface area contributed by atoms with Crippen molar-refractivity contribution >= 4 is 0 Å². The van der Waals surface area contributed by atoms with Gasteiger partial charge in [0.05, 0.1) is 7.11 Å². The largest absolute Gasteiger partial charge is 0.497 e. The third kappa shape index (κ3) is 3.79. The van der Waals surface area contributed by atoms with Crippen LogP contribution < -0.4 is 10.1 Å². The zero-order valence-electron chi connectivity index (χ0n) is 9.08. The van der Waals surface area contributed by atoms with Gasteiger partial charge in [0.1, 0.15) is 5.75 Å². The lowest BCUT2D eigenvalue weighted by Gasteiger charge is -2.07. The smallest absolute Gasteiger partial charge is 0.118 e. The van der Waals surface area contributed by atoms with Gasteiger partial charge in [0.2, 0.25) is 0 Å². The molecule has 1 radical (unpaired) electrons. The van der Waals surface area contributed by atoms with E-state index >= 15 is 0 Å². The molecule has 0 aliphatic rings. The number of hydrogen-bond acceptors (Lipinski definition) is 2. The Hall–Kier alpha value is -1.02. The van der Waals surface area contributed by atoms with Gasteiger partial charge in [0, 0.05) is 13.1 Å². The van der Waals surface area contributed by atoms with Crippen molar-refractivity contribution in [3.8, 4) is 5.75 Å². The number of nitrogens with one attached hydrogen (secondary N) is 1. The topological polar surface area (TPSA) is 21.3 Å². The van der Waals surface area contributed by atoms with Crippen molar-refractivity contribution in [1.29, 1.82) is 0 Å². The fourth-order valence-corrected chi connectivity index (χ4v) is 1.16. The quantitative estimate of drug-likeness (QED) is 0.774. The van der Waals surface area contributed by atoms with Crippen LogP contribution in [0.5, 0.6) is 5.75 Å². The molecule has 0 saturated carbocycles. The molecule has 1 aromatic rings. The Kier molecular flexibility index (Phi) is 4.47. The highest BCUT2D eigenvalue weighted by molar-refractivity contribution is 5.27. The molecule has 0 saturated heterocycles. The second-order valence-corrected chi connectivity index (χ2v) is 3.64. The van der Waals surface area contributed by atoms with Crippen LogP contribution in [0.25, 0.3) is 0 Å². The molecule has 2 heteroatoms. The van der Waals surface area contributed by atoms with Crippen molar-refractivity contribution in [3.63, 3.8) is 0 Å². The van der Waals surface area contributed by atoms with Crippen LogP contribution in [0.4, 0.5) is 0 Å². The lowest BCUT2D eigenvalue weighted by molar-refractivity contribution is 0.414. The predicted octanol–water partition coefficient (Wildman–Crippen LogP) is 2.60. The molecule has 0 bridgehead atoms. The maximum absolute atomic E-state index is 5.08. The first kappa shape index (κ1) is 11.1. The lowest BCUT2D eigenvalue weighted by Crippen LogP contribution is -2.12. The maximum atomic E-state index is 5.08. The van der Waals surface area contributed by atoms with E-state index in [1.165, 1.54) is 5.56 Å². The monoisotopic (exact) mass is 192 g/mol. The van der Waals surface area contributed by atoms with Gasteiger partial charge in [-0.1, -0.05) is 26.0 Å². The van der Waals surface area contributed by atoms with Gasteiger partial charge >= 0.3 is 0 Å². The maximum Gasteiger partial charge on any atom is 0.118 e. The van der Waals surface area contributed by atoms with Crippen LogP contribution in [0.2, 0.25) is 0 Å². The summed E-state index contributed by atoms with van der Waals surface area (Å²) in [6.07, 6.45) is 0. The van der Waals surface area contributed by atoms with Crippen LogP contribution in [0.15, 0.2) is 24.3 Å². The number of rotatable bonds is 5. The Labute approximate surface area is 86.3 Å². The van der Waals surface area contributed by atoms with E-state index < -0.39 is 0 Å². The summed E-state index contributed by atoms with van der Waals surface area (Å²) in [5, 5.41) is 3.27. The van der Waals surface area contributed by atoms with E-state index in [-0.39, 0.29) is 0 Å². The van der Waals surface area contributed by atoms with Crippen molar-refractivity contribution in [2.24, 2.45) is 5.92 Å². The van der Waals surface area contributed by atoms with Crippen LogP contribution in [0, 0.1) is 12.5 Å². The molecule has 0 unspecified atom stereocenters. The number of benzene rings is 1. The molecular formula is C12H18NO. The molecular weight excluding hydrogens is 174 g/mol. The van der Waals surface area contributed by atoms with Gasteiger partial charge < -0.3 is 10.1 Å². The van der Waals surface area contributed by atoms with Gasteiger partial charge in [-0.15, -0.1) is 0 Å². The molecule has 0 aliphatic heterocycles. The van der Waals surface area contributed by atoms with E-state index in [2.05, 4.69) is 37.8 Å². The lowest BCUT2D eigenvalue weighted by atomic mass is 10.2. The van der Waals surface area contributed by atoms with Gasteiger partial charge in [-0.05, 0) is 23.6 Å². The van der Waals surface area contributed by atoms with E-state index in [0.29, 0.717) is 5.92 Å². The second kappa shape index (κ2) is 5.66. The van der Waals surface area contributed by atoms with Gasteiger partial charge in [-0.3, -0.25) is 0 Å². The molecule has 0 fully saturated rings. The molecule has 1 N–H and O–H groups in total. The molecule has 0 heterocycles. The summed E-state index contributed by atoms with van der Waals surface area (Å²) in [5.41, 5.74) is 1.27. The summed E-state index contributed by atoms with van der Waals surface area (Å²) < 4.78 is 5.08. The van der Waals surface area contributed by atoms with Crippen molar-refractivity contribution in [2.75, 3.05) is 7.11 Å². The average molecular weight is 192 g/mol. The van der Waals surface area contributed by atoms with Crippen LogP contribution in [-0.4, -0.2) is 7.11 Å². The Morgan fingerprint density at radius 3 is 2.43 bits per heavy atom. The van der Waals surface area contributed by atoms with E-state index in [0.717, 1.165) is 12.3 Å². The Bertz CT molecular complexity index is 254. The summed E-state index contributed by atoms with van der Waals surface area (Å²) >= 11 is 0. The molecule has 1 aromatic carbocycles. The minimum Gasteiger partial charge on any atom is -0.497 e. The first-order valence-electron chi connectivity index (χ1n) is 4.92. The summed E-state index contributed by atoms with van der Waals surface area (Å²) in [5.74, 6) is 1.48. The standard InChI is InChI=1S/C12H18NO/c1-10(2)8-13-9-11-4-6-12(14-3)7-5-11/h4-8,10,13H,9H2,1-3H3. The summed E-state index contributed by atoms with van der Waals surface area (Å²) in [6, 6.07) is 8.10. The van der Waals surface area contributed by atoms with Gasteiger partial charge in [0.25, 0.3) is 0 Å². The Morgan fingerprint density at radius 2 is 1.93 bits per heavy atom. The summed E-state index contributed by atoms with van der Waals surface area (Å²) in [7, 11) is 1.68. The molecule has 0 aromatic heterocycles. The van der Waals surface area contributed by atoms with Crippen molar-refractivity contribution in [1.82, 2.24) is 5.32 Å². The fourth-order valence-electron chi connectivity index (χ4n) is 1.16. The molecule has 0 amide bonds. The van der Waals surface area contributed by atoms with E-state index in [9.17, 15) is 0 Å². The van der Waals surface area contributed by atoms with Crippen molar-refractivity contribution in [2.45, 2.75) is 20.4 Å². The van der Waals surface area contributed by atoms with E-state index in [4.69, 9.17) is 4.74 Å². The molecule has 0 atom stereocenters. The molecule has 1 rings (SSSR count). The highest BCUT2D eigenvalue weighted by atomic mass is 16.5. The minimum atomic E-state index is 0.577. The average Bonchev–Trinajstić information content (AvgIpc) is 2.18. The van der Waals surface area contributed by atoms with E-state index in [1.807, 2.05) is 12.1 Å². The number of methoxy groups -OCH3 is 1. The highest BCUT2D eigenvalue weighted by Crippen LogP contribution is 2.11. The Morgan fingerprint density at radius 1 is 1.29 bits per heavy atom.